The van der Waals surface area contributed by atoms with Gasteiger partial charge in [-0.05, 0) is 71.1 Å². The summed E-state index contributed by atoms with van der Waals surface area (Å²) < 4.78 is 1.13. The van der Waals surface area contributed by atoms with Crippen molar-refractivity contribution in [3.05, 3.63) is 88.5 Å². The Balaban J connectivity index is 1.92. The van der Waals surface area contributed by atoms with E-state index >= 15 is 0 Å². The molecule has 3 aromatic rings. The number of nitrogens with zero attached hydrogens (tertiary/aromatic N) is 1. The number of carbonyl (C=O) groups excluding carboxylic acids is 1. The summed E-state index contributed by atoms with van der Waals surface area (Å²) in [6.07, 6.45) is 0. The summed E-state index contributed by atoms with van der Waals surface area (Å²) in [5.74, 6) is 0. The summed E-state index contributed by atoms with van der Waals surface area (Å²) in [5.41, 5.74) is 2.41. The second kappa shape index (κ2) is 7.28. The van der Waals surface area contributed by atoms with E-state index in [9.17, 15) is 4.79 Å². The Morgan fingerprint density at radius 3 is 1.70 bits per heavy atom. The van der Waals surface area contributed by atoms with Crippen molar-refractivity contribution in [2.45, 2.75) is 0 Å². The lowest BCUT2D eigenvalue weighted by Gasteiger charge is -2.23. The van der Waals surface area contributed by atoms with E-state index in [0.29, 0.717) is 0 Å². The van der Waals surface area contributed by atoms with E-state index in [2.05, 4.69) is 27.9 Å². The van der Waals surface area contributed by atoms with Crippen molar-refractivity contribution in [3.63, 3.8) is 0 Å². The van der Waals surface area contributed by atoms with Crippen molar-refractivity contribution in [2.75, 3.05) is 10.2 Å². The first kappa shape index (κ1) is 15.6. The first-order valence-electron chi connectivity index (χ1n) is 7.21. The Morgan fingerprint density at radius 1 is 0.739 bits per heavy atom. The SMILES string of the molecule is O=C(Nc1ccc(I)cc1)N(c1ccccc1)c1ccccc1. The van der Waals surface area contributed by atoms with Gasteiger partial charge >= 0.3 is 6.03 Å². The van der Waals surface area contributed by atoms with Gasteiger partial charge in [0.05, 0.1) is 11.4 Å². The Labute approximate surface area is 149 Å². The van der Waals surface area contributed by atoms with Gasteiger partial charge in [-0.3, -0.25) is 4.90 Å². The number of hydrogen-bond acceptors (Lipinski definition) is 1. The van der Waals surface area contributed by atoms with Crippen molar-refractivity contribution in [3.8, 4) is 0 Å². The summed E-state index contributed by atoms with van der Waals surface area (Å²) in [6.45, 7) is 0. The van der Waals surface area contributed by atoms with Gasteiger partial charge in [0.15, 0.2) is 0 Å². The molecule has 0 radical (unpaired) electrons. The minimum absolute atomic E-state index is 0.191. The monoisotopic (exact) mass is 414 g/mol. The predicted molar refractivity (Wildman–Crippen MR) is 103 cm³/mol. The molecule has 2 amide bonds. The van der Waals surface area contributed by atoms with E-state index in [1.165, 1.54) is 0 Å². The number of benzene rings is 3. The summed E-state index contributed by atoms with van der Waals surface area (Å²) >= 11 is 2.24. The molecule has 0 atom stereocenters. The fraction of sp³-hybridized carbons (Fsp3) is 0. The number of urea groups is 1. The van der Waals surface area contributed by atoms with Gasteiger partial charge in [0, 0.05) is 9.26 Å². The molecule has 0 aromatic heterocycles. The Hall–Kier alpha value is -2.34. The molecule has 0 heterocycles. The molecule has 3 rings (SSSR count). The molecule has 0 bridgehead atoms. The fourth-order valence-electron chi connectivity index (χ4n) is 2.25. The van der Waals surface area contributed by atoms with Crippen molar-refractivity contribution in [1.29, 1.82) is 0 Å². The summed E-state index contributed by atoms with van der Waals surface area (Å²) in [4.78, 5) is 14.5. The number of halogens is 1. The van der Waals surface area contributed by atoms with Crippen LogP contribution in [0.2, 0.25) is 0 Å². The smallest absolute Gasteiger partial charge is 0.307 e. The van der Waals surface area contributed by atoms with Crippen LogP contribution in [0.25, 0.3) is 0 Å². The molecule has 0 aliphatic heterocycles. The van der Waals surface area contributed by atoms with E-state index in [-0.39, 0.29) is 6.03 Å². The summed E-state index contributed by atoms with van der Waals surface area (Å²) in [7, 11) is 0. The van der Waals surface area contributed by atoms with Crippen molar-refractivity contribution in [2.24, 2.45) is 0 Å². The zero-order chi connectivity index (χ0) is 16.1. The van der Waals surface area contributed by atoms with Crippen molar-refractivity contribution in [1.82, 2.24) is 0 Å². The van der Waals surface area contributed by atoms with Gasteiger partial charge in [-0.15, -0.1) is 0 Å². The molecule has 0 aliphatic carbocycles. The Bertz CT molecular complexity index is 734. The second-order valence-corrected chi connectivity index (χ2v) is 6.19. The molecule has 4 heteroatoms. The highest BCUT2D eigenvalue weighted by atomic mass is 127. The fourth-order valence-corrected chi connectivity index (χ4v) is 2.61. The number of nitrogens with one attached hydrogen (secondary N) is 1. The molecule has 0 fully saturated rings. The molecular weight excluding hydrogens is 399 g/mol. The van der Waals surface area contributed by atoms with Crippen LogP contribution in [-0.4, -0.2) is 6.03 Å². The van der Waals surface area contributed by atoms with Crippen LogP contribution in [-0.2, 0) is 0 Å². The van der Waals surface area contributed by atoms with Gasteiger partial charge in [0.2, 0.25) is 0 Å². The number of anilines is 3. The minimum atomic E-state index is -0.191. The molecule has 0 unspecified atom stereocenters. The van der Waals surface area contributed by atoms with Gasteiger partial charge in [-0.1, -0.05) is 36.4 Å². The average molecular weight is 414 g/mol. The lowest BCUT2D eigenvalue weighted by atomic mass is 10.2. The van der Waals surface area contributed by atoms with Gasteiger partial charge in [-0.25, -0.2) is 4.79 Å². The molecule has 23 heavy (non-hydrogen) atoms. The van der Waals surface area contributed by atoms with Crippen molar-refractivity contribution < 1.29 is 4.79 Å². The molecular formula is C19H15IN2O. The van der Waals surface area contributed by atoms with Gasteiger partial charge in [0.1, 0.15) is 0 Å². The van der Waals surface area contributed by atoms with E-state index in [4.69, 9.17) is 0 Å². The van der Waals surface area contributed by atoms with Crippen molar-refractivity contribution >= 4 is 45.7 Å². The van der Waals surface area contributed by atoms with E-state index in [1.54, 1.807) is 4.90 Å². The first-order chi connectivity index (χ1) is 11.2. The third-order valence-electron chi connectivity index (χ3n) is 3.33. The molecule has 0 aliphatic rings. The highest BCUT2D eigenvalue weighted by molar-refractivity contribution is 14.1. The van der Waals surface area contributed by atoms with Crippen LogP contribution in [0.4, 0.5) is 21.9 Å². The van der Waals surface area contributed by atoms with Gasteiger partial charge in [0.25, 0.3) is 0 Å². The number of para-hydroxylation sites is 2. The standard InChI is InChI=1S/C19H15IN2O/c20-15-11-13-16(14-12-15)21-19(23)22(17-7-3-1-4-8-17)18-9-5-2-6-10-18/h1-14H,(H,21,23). The zero-order valence-electron chi connectivity index (χ0n) is 12.3. The van der Waals surface area contributed by atoms with E-state index in [1.807, 2.05) is 84.9 Å². The quantitative estimate of drug-likeness (QED) is 0.551. The summed E-state index contributed by atoms with van der Waals surface area (Å²) in [6, 6.07) is 26.7. The molecule has 0 spiro atoms. The third-order valence-corrected chi connectivity index (χ3v) is 4.05. The predicted octanol–water partition coefficient (Wildman–Crippen LogP) is 5.66. The largest absolute Gasteiger partial charge is 0.330 e. The number of carbonyl (C=O) groups is 1. The normalized spacial score (nSPS) is 10.1. The van der Waals surface area contributed by atoms with Crippen LogP contribution in [0.3, 0.4) is 0 Å². The number of amides is 2. The molecule has 1 N–H and O–H groups in total. The minimum Gasteiger partial charge on any atom is -0.307 e. The topological polar surface area (TPSA) is 32.3 Å². The molecule has 0 saturated heterocycles. The highest BCUT2D eigenvalue weighted by Crippen LogP contribution is 2.26. The highest BCUT2D eigenvalue weighted by Gasteiger charge is 2.17. The van der Waals surface area contributed by atoms with Crippen LogP contribution in [0.5, 0.6) is 0 Å². The van der Waals surface area contributed by atoms with E-state index in [0.717, 1.165) is 20.6 Å². The maximum absolute atomic E-state index is 12.8. The van der Waals surface area contributed by atoms with Crippen LogP contribution < -0.4 is 10.2 Å². The van der Waals surface area contributed by atoms with Crippen LogP contribution in [0, 0.1) is 3.57 Å². The maximum atomic E-state index is 12.8. The third kappa shape index (κ3) is 3.90. The lowest BCUT2D eigenvalue weighted by Crippen LogP contribution is -2.30. The average Bonchev–Trinajstić information content (AvgIpc) is 2.59. The van der Waals surface area contributed by atoms with Gasteiger partial charge in [-0.2, -0.15) is 0 Å². The first-order valence-corrected chi connectivity index (χ1v) is 8.29. The number of rotatable bonds is 3. The zero-order valence-corrected chi connectivity index (χ0v) is 14.5. The maximum Gasteiger partial charge on any atom is 0.330 e. The summed E-state index contributed by atoms with van der Waals surface area (Å²) in [5, 5.41) is 2.95. The van der Waals surface area contributed by atoms with Crippen LogP contribution in [0.1, 0.15) is 0 Å². The van der Waals surface area contributed by atoms with Crippen LogP contribution in [0.15, 0.2) is 84.9 Å². The second-order valence-electron chi connectivity index (χ2n) is 4.94. The lowest BCUT2D eigenvalue weighted by molar-refractivity contribution is 0.259. The van der Waals surface area contributed by atoms with Crippen LogP contribution >= 0.6 is 22.6 Å². The Morgan fingerprint density at radius 2 is 1.22 bits per heavy atom. The number of hydrogen-bond donors (Lipinski definition) is 1. The van der Waals surface area contributed by atoms with E-state index < -0.39 is 0 Å². The molecule has 3 nitrogen and oxygen atoms in total. The molecule has 114 valence electrons. The van der Waals surface area contributed by atoms with Gasteiger partial charge < -0.3 is 5.32 Å². The molecule has 0 saturated carbocycles. The Kier molecular flexibility index (Phi) is 4.92. The molecule has 3 aromatic carbocycles.